The van der Waals surface area contributed by atoms with Crippen LogP contribution in [0, 0.1) is 0 Å². The Kier molecular flexibility index (Phi) is 6.15. The van der Waals surface area contributed by atoms with Crippen LogP contribution in [0.25, 0.3) is 115 Å². The molecule has 1 aliphatic carbocycles. The summed E-state index contributed by atoms with van der Waals surface area (Å²) in [6, 6.07) is 71.4. The molecule has 5 heteroatoms. The van der Waals surface area contributed by atoms with E-state index in [0.717, 1.165) is 55.3 Å². The molecule has 1 atom stereocenters. The minimum atomic E-state index is 0.00407. The normalized spacial score (nSPS) is 14.0. The third kappa shape index (κ3) is 4.07. The van der Waals surface area contributed by atoms with Gasteiger partial charge in [-0.15, -0.1) is 0 Å². The van der Waals surface area contributed by atoms with Crippen LogP contribution in [0.3, 0.4) is 0 Å². The predicted molar refractivity (Wildman–Crippen MR) is 256 cm³/mol. The number of fused-ring (bicyclic) bond motifs is 23. The lowest BCUT2D eigenvalue weighted by Gasteiger charge is -2.19. The largest absolute Gasteiger partial charge is 0.309 e. The lowest BCUT2D eigenvalue weighted by Crippen LogP contribution is -2.04. The average Bonchev–Trinajstić information content (AvgIpc) is 4.10. The molecule has 0 aliphatic heterocycles. The van der Waals surface area contributed by atoms with E-state index in [1.165, 1.54) is 76.7 Å². The van der Waals surface area contributed by atoms with E-state index >= 15 is 0 Å². The summed E-state index contributed by atoms with van der Waals surface area (Å²) in [7, 11) is 0. The highest BCUT2D eigenvalue weighted by Gasteiger charge is 2.34. The van der Waals surface area contributed by atoms with Crippen LogP contribution in [0.1, 0.15) is 22.6 Å². The highest BCUT2D eigenvalue weighted by Crippen LogP contribution is 2.53. The van der Waals surface area contributed by atoms with Crippen molar-refractivity contribution < 1.29 is 0 Å². The first kappa shape index (κ1) is 32.6. The van der Waals surface area contributed by atoms with Gasteiger partial charge in [-0.3, -0.25) is 8.80 Å². The van der Waals surface area contributed by atoms with Crippen molar-refractivity contribution in [1.29, 1.82) is 0 Å². The second kappa shape index (κ2) is 11.7. The number of rotatable bonds is 2. The molecule has 0 amide bonds. The number of hydrogen-bond donors (Lipinski definition) is 0. The quantitative estimate of drug-likeness (QED) is 0.164. The van der Waals surface area contributed by atoms with E-state index in [2.05, 4.69) is 207 Å². The predicted octanol–water partition coefficient (Wildman–Crippen LogP) is 14.2. The van der Waals surface area contributed by atoms with Gasteiger partial charge in [0.25, 0.3) is 0 Å². The molecule has 15 rings (SSSR count). The number of aromatic nitrogens is 5. The van der Waals surface area contributed by atoms with Crippen LogP contribution in [0.4, 0.5) is 0 Å². The number of hydrogen-bond acceptors (Lipinski definition) is 2. The summed E-state index contributed by atoms with van der Waals surface area (Å²) in [5.74, 6) is 0.00407. The highest BCUT2D eigenvalue weighted by molar-refractivity contribution is 6.17. The molecule has 5 aromatic heterocycles. The van der Waals surface area contributed by atoms with Gasteiger partial charge in [-0.1, -0.05) is 133 Å². The molecule has 0 unspecified atom stereocenters. The maximum Gasteiger partial charge on any atom is 0.146 e. The molecule has 62 heavy (non-hydrogen) atoms. The van der Waals surface area contributed by atoms with Crippen LogP contribution in [0.5, 0.6) is 0 Å². The van der Waals surface area contributed by atoms with Crippen molar-refractivity contribution in [3.05, 3.63) is 211 Å². The Bertz CT molecular complexity index is 4300. The SMILES string of the molecule is c1ccc2c(c1)-c1ccc3c4ccccc4n(-c4ccc5c(c4)c4ccccc4c4nc6ccccc6n54)c3c1[C@H]2c1ccc2c(c1)c1ccccc1n1c3ccccc3nc21. The summed E-state index contributed by atoms with van der Waals surface area (Å²) < 4.78 is 7.22. The zero-order valence-corrected chi connectivity index (χ0v) is 33.3. The zero-order chi connectivity index (χ0) is 40.2. The third-order valence-electron chi connectivity index (χ3n) is 13.8. The lowest BCUT2D eigenvalue weighted by atomic mass is 9.86. The first-order valence-corrected chi connectivity index (χ1v) is 21.4. The van der Waals surface area contributed by atoms with Crippen LogP contribution in [-0.2, 0) is 0 Å². The summed E-state index contributed by atoms with van der Waals surface area (Å²) >= 11 is 0. The molecule has 14 aromatic rings. The minimum Gasteiger partial charge on any atom is -0.309 e. The van der Waals surface area contributed by atoms with Gasteiger partial charge in [0.1, 0.15) is 11.3 Å². The molecule has 0 N–H and O–H groups in total. The van der Waals surface area contributed by atoms with Gasteiger partial charge in [-0.05, 0) is 99.3 Å². The van der Waals surface area contributed by atoms with Crippen molar-refractivity contribution in [2.24, 2.45) is 0 Å². The summed E-state index contributed by atoms with van der Waals surface area (Å²) in [6.07, 6.45) is 0. The second-order valence-corrected chi connectivity index (χ2v) is 16.9. The molecular weight excluding hydrogens is 755 g/mol. The van der Waals surface area contributed by atoms with Gasteiger partial charge in [0.05, 0.1) is 44.1 Å². The van der Waals surface area contributed by atoms with Gasteiger partial charge in [0.15, 0.2) is 0 Å². The smallest absolute Gasteiger partial charge is 0.146 e. The van der Waals surface area contributed by atoms with E-state index < -0.39 is 0 Å². The van der Waals surface area contributed by atoms with Crippen LogP contribution in [-0.4, -0.2) is 23.3 Å². The van der Waals surface area contributed by atoms with Crippen LogP contribution < -0.4 is 0 Å². The minimum absolute atomic E-state index is 0.00407. The highest BCUT2D eigenvalue weighted by atomic mass is 15.0. The van der Waals surface area contributed by atoms with Crippen LogP contribution in [0.2, 0.25) is 0 Å². The van der Waals surface area contributed by atoms with Crippen molar-refractivity contribution in [2.75, 3.05) is 0 Å². The van der Waals surface area contributed by atoms with Crippen molar-refractivity contribution in [1.82, 2.24) is 23.3 Å². The third-order valence-corrected chi connectivity index (χ3v) is 13.8. The molecule has 0 bridgehead atoms. The Balaban J connectivity index is 1.04. The van der Waals surface area contributed by atoms with Crippen LogP contribution >= 0.6 is 0 Å². The maximum atomic E-state index is 5.23. The molecular formula is C57H33N5. The van der Waals surface area contributed by atoms with Crippen molar-refractivity contribution in [3.8, 4) is 16.8 Å². The average molecular weight is 788 g/mol. The van der Waals surface area contributed by atoms with Gasteiger partial charge in [0, 0.05) is 43.9 Å². The molecule has 9 aromatic carbocycles. The second-order valence-electron chi connectivity index (χ2n) is 16.9. The molecule has 5 nitrogen and oxygen atoms in total. The molecule has 5 heterocycles. The van der Waals surface area contributed by atoms with Crippen molar-refractivity contribution in [3.63, 3.8) is 0 Å². The molecule has 286 valence electrons. The van der Waals surface area contributed by atoms with Gasteiger partial charge >= 0.3 is 0 Å². The molecule has 0 spiro atoms. The van der Waals surface area contributed by atoms with E-state index in [0.29, 0.717) is 0 Å². The van der Waals surface area contributed by atoms with Crippen LogP contribution in [0.15, 0.2) is 194 Å². The van der Waals surface area contributed by atoms with Gasteiger partial charge in [-0.25, -0.2) is 9.97 Å². The fourth-order valence-electron chi connectivity index (χ4n) is 11.3. The number of pyridine rings is 2. The maximum absolute atomic E-state index is 5.23. The van der Waals surface area contributed by atoms with E-state index in [-0.39, 0.29) is 5.92 Å². The van der Waals surface area contributed by atoms with E-state index in [1.54, 1.807) is 0 Å². The van der Waals surface area contributed by atoms with Crippen molar-refractivity contribution in [2.45, 2.75) is 5.92 Å². The van der Waals surface area contributed by atoms with Crippen molar-refractivity contribution >= 4 is 98.5 Å². The fraction of sp³-hybridized carbons (Fsp3) is 0.0175. The molecule has 0 saturated heterocycles. The molecule has 1 aliphatic rings. The lowest BCUT2D eigenvalue weighted by molar-refractivity contribution is 1.01. The number of para-hydroxylation sites is 6. The summed E-state index contributed by atoms with van der Waals surface area (Å²) in [6.45, 7) is 0. The molecule has 0 fully saturated rings. The number of imidazole rings is 2. The molecule has 0 saturated carbocycles. The monoisotopic (exact) mass is 787 g/mol. The van der Waals surface area contributed by atoms with E-state index in [1.807, 2.05) is 0 Å². The number of nitrogens with zero attached hydrogens (tertiary/aromatic N) is 5. The fourth-order valence-corrected chi connectivity index (χ4v) is 11.3. The van der Waals surface area contributed by atoms with E-state index in [4.69, 9.17) is 9.97 Å². The van der Waals surface area contributed by atoms with Gasteiger partial charge in [-0.2, -0.15) is 0 Å². The first-order chi connectivity index (χ1) is 30.8. The molecule has 0 radical (unpaired) electrons. The first-order valence-electron chi connectivity index (χ1n) is 21.4. The summed E-state index contributed by atoms with van der Waals surface area (Å²) in [5.41, 5.74) is 18.7. The van der Waals surface area contributed by atoms with E-state index in [9.17, 15) is 0 Å². The Morgan fingerprint density at radius 3 is 1.68 bits per heavy atom. The summed E-state index contributed by atoms with van der Waals surface area (Å²) in [4.78, 5) is 10.4. The standard InChI is InChI=1S/C57H33N5/c1-3-17-39-35(13-1)40-28-29-41-37-15-5-9-21-48(37)60(34-26-30-50-45(32-34)36-14-2-4-18-42(36)56-58-47-20-8-12-24-52(47)62(50)56)55(41)54(40)53(39)33-25-27-43-44(31-33)38-16-6-10-22-49(38)61-51-23-11-7-19-46(51)59-57(43)61/h1-32,53H/t53-/m0/s1. The number of benzene rings is 9. The van der Waals surface area contributed by atoms with Gasteiger partial charge < -0.3 is 4.57 Å². The Labute approximate surface area is 354 Å². The Morgan fingerprint density at radius 1 is 0.355 bits per heavy atom. The Morgan fingerprint density at radius 2 is 0.919 bits per heavy atom. The zero-order valence-electron chi connectivity index (χ0n) is 33.3. The topological polar surface area (TPSA) is 39.5 Å². The summed E-state index contributed by atoms with van der Waals surface area (Å²) in [5, 5.41) is 9.66. The van der Waals surface area contributed by atoms with Gasteiger partial charge in [0.2, 0.25) is 0 Å². The Hall–Kier alpha value is -8.28.